The molecule has 200 valence electrons. The number of amides is 2. The van der Waals surface area contributed by atoms with Crippen molar-refractivity contribution >= 4 is 19.4 Å². The second-order valence-corrected chi connectivity index (χ2v) is 11.6. The van der Waals surface area contributed by atoms with E-state index in [-0.39, 0.29) is 37.4 Å². The van der Waals surface area contributed by atoms with Crippen LogP contribution in [0.1, 0.15) is 63.1 Å². The predicted octanol–water partition coefficient (Wildman–Crippen LogP) is 3.14. The standard InChI is InChI=1S/C25H38N3O7P/c1-5-34-36(31,35-6-2)16-27-24(30)25(10-8-7-9-11-25)28-19-12-17-13-21(32-3)22(33-4)14-18(17)20(28)15-26-23(19)29/h13-14,19-20H,5-12,15-16H2,1-4H3,(H,26,29)(H,27,30)/t19-,20-/m0/s1. The molecule has 1 aromatic carbocycles. The molecular weight excluding hydrogens is 485 g/mol. The lowest BCUT2D eigenvalue weighted by Crippen LogP contribution is -2.71. The largest absolute Gasteiger partial charge is 0.493 e. The van der Waals surface area contributed by atoms with Gasteiger partial charge in [0.15, 0.2) is 11.5 Å². The Balaban J connectivity index is 1.72. The molecule has 0 radical (unpaired) electrons. The summed E-state index contributed by atoms with van der Waals surface area (Å²) in [5.41, 5.74) is 1.15. The highest BCUT2D eigenvalue weighted by atomic mass is 31.2. The van der Waals surface area contributed by atoms with E-state index in [0.717, 1.165) is 30.4 Å². The molecule has 2 fully saturated rings. The molecule has 1 aliphatic carbocycles. The van der Waals surface area contributed by atoms with Crippen molar-refractivity contribution in [2.75, 3.05) is 40.3 Å². The van der Waals surface area contributed by atoms with Crippen molar-refractivity contribution in [2.45, 2.75) is 70.0 Å². The van der Waals surface area contributed by atoms with E-state index >= 15 is 0 Å². The quantitative estimate of drug-likeness (QED) is 0.450. The van der Waals surface area contributed by atoms with Crippen molar-refractivity contribution in [3.8, 4) is 11.5 Å². The van der Waals surface area contributed by atoms with E-state index in [4.69, 9.17) is 18.5 Å². The highest BCUT2D eigenvalue weighted by Gasteiger charge is 2.55. The Hall–Kier alpha value is -2.13. The minimum absolute atomic E-state index is 0.0845. The summed E-state index contributed by atoms with van der Waals surface area (Å²) in [7, 11) is -0.270. The summed E-state index contributed by atoms with van der Waals surface area (Å²) in [6.45, 7) is 4.31. The van der Waals surface area contributed by atoms with E-state index in [1.54, 1.807) is 28.1 Å². The highest BCUT2D eigenvalue weighted by molar-refractivity contribution is 7.53. The van der Waals surface area contributed by atoms with E-state index < -0.39 is 19.2 Å². The first-order valence-electron chi connectivity index (χ1n) is 12.8. The maximum atomic E-state index is 14.0. The van der Waals surface area contributed by atoms with Gasteiger partial charge in [0.25, 0.3) is 0 Å². The number of nitrogens with one attached hydrogen (secondary N) is 2. The van der Waals surface area contributed by atoms with Gasteiger partial charge in [-0.05, 0) is 56.4 Å². The van der Waals surface area contributed by atoms with Crippen LogP contribution in [0, 0.1) is 0 Å². The minimum atomic E-state index is -3.46. The molecule has 4 rings (SSSR count). The van der Waals surface area contributed by atoms with Crippen LogP contribution >= 0.6 is 7.60 Å². The monoisotopic (exact) mass is 523 g/mol. The van der Waals surface area contributed by atoms with Crippen LogP contribution in [0.3, 0.4) is 0 Å². The van der Waals surface area contributed by atoms with Gasteiger partial charge in [-0.2, -0.15) is 0 Å². The molecule has 3 aliphatic rings. The zero-order chi connectivity index (χ0) is 25.9. The molecular formula is C25H38N3O7P. The number of methoxy groups -OCH3 is 2. The van der Waals surface area contributed by atoms with Crippen LogP contribution in [-0.4, -0.2) is 68.6 Å². The van der Waals surface area contributed by atoms with Gasteiger partial charge in [0.1, 0.15) is 11.8 Å². The number of hydrogen-bond acceptors (Lipinski definition) is 8. The van der Waals surface area contributed by atoms with E-state index in [9.17, 15) is 14.2 Å². The molecule has 0 unspecified atom stereocenters. The fraction of sp³-hybridized carbons (Fsp3) is 0.680. The molecule has 1 saturated carbocycles. The summed E-state index contributed by atoms with van der Waals surface area (Å²) in [5, 5.41) is 5.94. The number of carbonyl (C=O) groups excluding carboxylic acids is 2. The number of hydrogen-bond donors (Lipinski definition) is 2. The second-order valence-electron chi connectivity index (χ2n) is 9.50. The van der Waals surface area contributed by atoms with Crippen molar-refractivity contribution in [3.05, 3.63) is 23.3 Å². The van der Waals surface area contributed by atoms with Crippen LogP contribution in [0.5, 0.6) is 11.5 Å². The fourth-order valence-corrected chi connectivity index (χ4v) is 7.41. The Labute approximate surface area is 212 Å². The fourth-order valence-electron chi connectivity index (χ4n) is 6.03. The Bertz CT molecular complexity index is 1020. The Morgan fingerprint density at radius 3 is 2.33 bits per heavy atom. The zero-order valence-corrected chi connectivity index (χ0v) is 22.5. The molecule has 0 aromatic heterocycles. The summed E-state index contributed by atoms with van der Waals surface area (Å²) >= 11 is 0. The maximum Gasteiger partial charge on any atom is 0.349 e. The number of benzene rings is 1. The molecule has 2 aliphatic heterocycles. The van der Waals surface area contributed by atoms with Crippen LogP contribution < -0.4 is 20.1 Å². The molecule has 2 heterocycles. The lowest BCUT2D eigenvalue weighted by molar-refractivity contribution is -0.152. The van der Waals surface area contributed by atoms with Gasteiger partial charge >= 0.3 is 7.60 Å². The van der Waals surface area contributed by atoms with Crippen LogP contribution in [0.25, 0.3) is 0 Å². The zero-order valence-electron chi connectivity index (χ0n) is 21.6. The summed E-state index contributed by atoms with van der Waals surface area (Å²) in [6.07, 6.45) is 4.28. The van der Waals surface area contributed by atoms with E-state index in [1.165, 1.54) is 0 Å². The maximum absolute atomic E-state index is 14.0. The topological polar surface area (TPSA) is 115 Å². The molecule has 1 aromatic rings. The second kappa shape index (κ2) is 11.1. The molecule has 2 amide bonds. The number of rotatable bonds is 10. The van der Waals surface area contributed by atoms with Gasteiger partial charge in [-0.25, -0.2) is 0 Å². The molecule has 36 heavy (non-hydrogen) atoms. The first-order chi connectivity index (χ1) is 17.3. The minimum Gasteiger partial charge on any atom is -0.493 e. The number of piperazine rings is 1. The van der Waals surface area contributed by atoms with Gasteiger partial charge in [-0.3, -0.25) is 19.1 Å². The SMILES string of the molecule is CCOP(=O)(CNC(=O)C1(N2[C@H]3Cc4cc(OC)c(OC)cc4[C@@H]2CNC3=O)CCCCC1)OCC. The first kappa shape index (κ1) is 26.9. The molecule has 11 heteroatoms. The number of carbonyl (C=O) groups is 2. The summed E-state index contributed by atoms with van der Waals surface area (Å²) in [4.78, 5) is 29.3. The third kappa shape index (κ3) is 4.88. The number of nitrogens with zero attached hydrogens (tertiary/aromatic N) is 1. The van der Waals surface area contributed by atoms with E-state index in [1.807, 2.05) is 12.1 Å². The van der Waals surface area contributed by atoms with Gasteiger partial charge in [0.2, 0.25) is 11.8 Å². The van der Waals surface area contributed by atoms with Gasteiger partial charge in [0, 0.05) is 6.54 Å². The van der Waals surface area contributed by atoms with Crippen molar-refractivity contribution in [3.63, 3.8) is 0 Å². The molecule has 2 bridgehead atoms. The summed E-state index contributed by atoms with van der Waals surface area (Å²) in [5.74, 6) is 0.924. The molecule has 0 spiro atoms. The molecule has 2 atom stereocenters. The predicted molar refractivity (Wildman–Crippen MR) is 134 cm³/mol. The lowest BCUT2D eigenvalue weighted by Gasteiger charge is -2.56. The summed E-state index contributed by atoms with van der Waals surface area (Å²) < 4.78 is 34.9. The van der Waals surface area contributed by atoms with Gasteiger partial charge in [0.05, 0.1) is 39.5 Å². The van der Waals surface area contributed by atoms with Gasteiger partial charge in [-0.15, -0.1) is 0 Å². The third-order valence-corrected chi connectivity index (χ3v) is 9.39. The van der Waals surface area contributed by atoms with Gasteiger partial charge < -0.3 is 29.2 Å². The van der Waals surface area contributed by atoms with Crippen LogP contribution in [0.4, 0.5) is 0 Å². The lowest BCUT2D eigenvalue weighted by atomic mass is 9.73. The summed E-state index contributed by atoms with van der Waals surface area (Å²) in [6, 6.07) is 3.21. The Kier molecular flexibility index (Phi) is 8.29. The number of fused-ring (bicyclic) bond motifs is 4. The Morgan fingerprint density at radius 1 is 1.08 bits per heavy atom. The molecule has 1 saturated heterocycles. The third-order valence-electron chi connectivity index (χ3n) is 7.54. The highest BCUT2D eigenvalue weighted by Crippen LogP contribution is 2.49. The average molecular weight is 524 g/mol. The van der Waals surface area contributed by atoms with Crippen molar-refractivity contribution in [2.24, 2.45) is 0 Å². The van der Waals surface area contributed by atoms with Crippen LogP contribution in [-0.2, 0) is 29.6 Å². The van der Waals surface area contributed by atoms with Crippen molar-refractivity contribution < 1.29 is 32.7 Å². The van der Waals surface area contributed by atoms with Crippen molar-refractivity contribution in [1.82, 2.24) is 15.5 Å². The van der Waals surface area contributed by atoms with Crippen LogP contribution in [0.2, 0.25) is 0 Å². The Morgan fingerprint density at radius 2 is 1.72 bits per heavy atom. The average Bonchev–Trinajstić information content (AvgIpc) is 2.89. The van der Waals surface area contributed by atoms with E-state index in [2.05, 4.69) is 15.5 Å². The van der Waals surface area contributed by atoms with Crippen molar-refractivity contribution in [1.29, 1.82) is 0 Å². The molecule has 10 nitrogen and oxygen atoms in total. The first-order valence-corrected chi connectivity index (χ1v) is 14.5. The normalized spacial score (nSPS) is 23.4. The smallest absolute Gasteiger partial charge is 0.349 e. The van der Waals surface area contributed by atoms with E-state index in [0.29, 0.717) is 37.3 Å². The van der Waals surface area contributed by atoms with Gasteiger partial charge in [-0.1, -0.05) is 19.3 Å². The number of ether oxygens (including phenoxy) is 2. The molecule has 2 N–H and O–H groups in total. The van der Waals surface area contributed by atoms with Crippen LogP contribution in [0.15, 0.2) is 12.1 Å².